The Bertz CT molecular complexity index is 1040. The number of hydrogen-bond donors (Lipinski definition) is 1. The molecule has 1 aliphatic heterocycles. The second-order valence-electron chi connectivity index (χ2n) is 7.80. The van der Waals surface area contributed by atoms with Crippen LogP contribution in [0.5, 0.6) is 0 Å². The first-order valence-electron chi connectivity index (χ1n) is 9.60. The molecule has 0 bridgehead atoms. The number of β-amino-alcohol motifs (C(OH)–C–C–N with tert-alkyl or cyclic N) is 1. The summed E-state index contributed by atoms with van der Waals surface area (Å²) in [4.78, 5) is 24.8. The van der Waals surface area contributed by atoms with Gasteiger partial charge in [-0.05, 0) is 43.2 Å². The van der Waals surface area contributed by atoms with E-state index in [-0.39, 0.29) is 12.5 Å². The highest BCUT2D eigenvalue weighted by Gasteiger charge is 2.36. The van der Waals surface area contributed by atoms with Gasteiger partial charge in [0, 0.05) is 32.7 Å². The molecule has 1 amide bonds. The molecule has 1 aromatic carbocycles. The third kappa shape index (κ3) is 3.93. The van der Waals surface area contributed by atoms with Gasteiger partial charge in [-0.1, -0.05) is 0 Å². The van der Waals surface area contributed by atoms with Gasteiger partial charge in [-0.25, -0.2) is 14.4 Å². The second-order valence-corrected chi connectivity index (χ2v) is 7.80. The first-order valence-corrected chi connectivity index (χ1v) is 9.60. The molecule has 0 spiro atoms. The number of carbonyl (C=O) groups excluding carboxylic acids is 1. The molecular weight excluding hydrogens is 373 g/mol. The fraction of sp³-hybridized carbons (Fsp3) is 0.381. The van der Waals surface area contributed by atoms with E-state index in [2.05, 4.69) is 9.97 Å². The summed E-state index contributed by atoms with van der Waals surface area (Å²) in [5.74, 6) is 0.0679. The van der Waals surface area contributed by atoms with E-state index >= 15 is 0 Å². The molecule has 3 heterocycles. The second kappa shape index (κ2) is 7.44. The molecule has 0 radical (unpaired) electrons. The Morgan fingerprint density at radius 1 is 1.31 bits per heavy atom. The van der Waals surface area contributed by atoms with Crippen molar-refractivity contribution in [3.8, 4) is 0 Å². The van der Waals surface area contributed by atoms with Crippen LogP contribution in [0.25, 0.3) is 11.0 Å². The van der Waals surface area contributed by atoms with Gasteiger partial charge in [-0.15, -0.1) is 0 Å². The van der Waals surface area contributed by atoms with Crippen molar-refractivity contribution in [2.75, 3.05) is 31.6 Å². The number of carbonyl (C=O) groups is 1. The number of nitrogens with zero attached hydrogens (tertiary/aromatic N) is 5. The monoisotopic (exact) mass is 397 g/mol. The lowest BCUT2D eigenvalue weighted by atomic mass is 9.92. The van der Waals surface area contributed by atoms with E-state index in [1.807, 2.05) is 22.6 Å². The Labute approximate surface area is 168 Å². The number of likely N-dealkylation sites (N-methyl/N-ethyl adjacent to an activating group) is 1. The lowest BCUT2D eigenvalue weighted by molar-refractivity contribution is -0.000130. The Hall–Kier alpha value is -3.00. The highest BCUT2D eigenvalue weighted by atomic mass is 19.1. The van der Waals surface area contributed by atoms with Crippen molar-refractivity contribution in [3.63, 3.8) is 0 Å². The quantitative estimate of drug-likeness (QED) is 0.731. The summed E-state index contributed by atoms with van der Waals surface area (Å²) in [6.07, 6.45) is 4.23. The van der Waals surface area contributed by atoms with Crippen LogP contribution in [0.15, 0.2) is 42.9 Å². The van der Waals surface area contributed by atoms with Crippen molar-refractivity contribution in [3.05, 3.63) is 54.2 Å². The highest BCUT2D eigenvalue weighted by molar-refractivity contribution is 5.97. The van der Waals surface area contributed by atoms with E-state index in [0.717, 1.165) is 24.0 Å². The largest absolute Gasteiger partial charge is 0.386 e. The number of hydrogen-bond acceptors (Lipinski definition) is 5. The zero-order chi connectivity index (χ0) is 20.6. The van der Waals surface area contributed by atoms with E-state index in [1.54, 1.807) is 36.5 Å². The molecule has 0 saturated carbocycles. The summed E-state index contributed by atoms with van der Waals surface area (Å²) in [6, 6.07) is 8.40. The highest BCUT2D eigenvalue weighted by Crippen LogP contribution is 2.26. The average Bonchev–Trinajstić information content (AvgIpc) is 3.08. The zero-order valence-corrected chi connectivity index (χ0v) is 16.5. The third-order valence-corrected chi connectivity index (χ3v) is 5.44. The van der Waals surface area contributed by atoms with Crippen LogP contribution < -0.4 is 4.90 Å². The molecule has 152 valence electrons. The maximum atomic E-state index is 13.1. The summed E-state index contributed by atoms with van der Waals surface area (Å²) >= 11 is 0. The summed E-state index contributed by atoms with van der Waals surface area (Å²) in [5.41, 5.74) is 1.19. The molecule has 2 aromatic heterocycles. The van der Waals surface area contributed by atoms with Gasteiger partial charge >= 0.3 is 0 Å². The Morgan fingerprint density at radius 2 is 2.14 bits per heavy atom. The molecule has 4 rings (SSSR count). The van der Waals surface area contributed by atoms with Crippen molar-refractivity contribution < 1.29 is 14.3 Å². The van der Waals surface area contributed by atoms with E-state index in [0.29, 0.717) is 24.3 Å². The van der Waals surface area contributed by atoms with Crippen molar-refractivity contribution in [1.29, 1.82) is 0 Å². The molecule has 1 aliphatic rings. The van der Waals surface area contributed by atoms with E-state index in [9.17, 15) is 14.3 Å². The predicted molar refractivity (Wildman–Crippen MR) is 108 cm³/mol. The fourth-order valence-electron chi connectivity index (χ4n) is 3.99. The van der Waals surface area contributed by atoms with Crippen LogP contribution in [0.1, 0.15) is 23.2 Å². The molecule has 0 unspecified atom stereocenters. The van der Waals surface area contributed by atoms with Crippen LogP contribution >= 0.6 is 0 Å². The van der Waals surface area contributed by atoms with Gasteiger partial charge < -0.3 is 19.5 Å². The van der Waals surface area contributed by atoms with Crippen LogP contribution in [0.3, 0.4) is 0 Å². The topological polar surface area (TPSA) is 74.5 Å². The molecular formula is C21H24FN5O2. The number of fused-ring (bicyclic) bond motifs is 1. The number of benzene rings is 1. The third-order valence-electron chi connectivity index (χ3n) is 5.44. The smallest absolute Gasteiger partial charge is 0.253 e. The number of amides is 1. The van der Waals surface area contributed by atoms with E-state index < -0.39 is 11.4 Å². The lowest BCUT2D eigenvalue weighted by Crippen LogP contribution is -2.54. The summed E-state index contributed by atoms with van der Waals surface area (Å²) in [7, 11) is 3.60. The summed E-state index contributed by atoms with van der Waals surface area (Å²) < 4.78 is 15.0. The number of imidazole rings is 1. The minimum absolute atomic E-state index is 0.164. The van der Waals surface area contributed by atoms with Crippen LogP contribution in [0.4, 0.5) is 10.2 Å². The molecule has 0 aliphatic carbocycles. The first-order chi connectivity index (χ1) is 13.8. The minimum Gasteiger partial charge on any atom is -0.386 e. The zero-order valence-electron chi connectivity index (χ0n) is 16.5. The van der Waals surface area contributed by atoms with Gasteiger partial charge in [0.05, 0.1) is 35.7 Å². The van der Waals surface area contributed by atoms with Crippen LogP contribution in [0.2, 0.25) is 0 Å². The van der Waals surface area contributed by atoms with Gasteiger partial charge in [-0.2, -0.15) is 0 Å². The summed E-state index contributed by atoms with van der Waals surface area (Å²) in [6.45, 7) is 1.27. The fourth-order valence-corrected chi connectivity index (χ4v) is 3.99. The molecule has 1 fully saturated rings. The van der Waals surface area contributed by atoms with Crippen molar-refractivity contribution in [2.45, 2.75) is 18.4 Å². The van der Waals surface area contributed by atoms with Crippen molar-refractivity contribution >= 4 is 22.8 Å². The maximum Gasteiger partial charge on any atom is 0.253 e. The standard InChI is InChI=1S/C21H24FN5O2/c1-25(20(28)15-4-6-18-17(10-15)24-14-26(18)2)12-21(29)8-3-9-27(13-21)19-7-5-16(22)11-23-19/h4-7,10-11,14,29H,3,8-9,12-13H2,1-2H3/t21-/m1/s1. The Morgan fingerprint density at radius 3 is 2.90 bits per heavy atom. The number of halogens is 1. The normalized spacial score (nSPS) is 19.5. The van der Waals surface area contributed by atoms with Crippen LogP contribution in [-0.4, -0.2) is 62.7 Å². The molecule has 7 nitrogen and oxygen atoms in total. The summed E-state index contributed by atoms with van der Waals surface area (Å²) in [5, 5.41) is 11.1. The predicted octanol–water partition coefficient (Wildman–Crippen LogP) is 2.21. The van der Waals surface area contributed by atoms with Crippen molar-refractivity contribution in [1.82, 2.24) is 19.4 Å². The number of aryl methyl sites for hydroxylation is 1. The molecule has 29 heavy (non-hydrogen) atoms. The van der Waals surface area contributed by atoms with Gasteiger partial charge in [-0.3, -0.25) is 4.79 Å². The number of pyridine rings is 1. The van der Waals surface area contributed by atoms with E-state index in [4.69, 9.17) is 0 Å². The van der Waals surface area contributed by atoms with Gasteiger partial charge in [0.25, 0.3) is 5.91 Å². The number of aromatic nitrogens is 3. The molecule has 1 saturated heterocycles. The average molecular weight is 397 g/mol. The number of rotatable bonds is 4. The number of aliphatic hydroxyl groups is 1. The van der Waals surface area contributed by atoms with Gasteiger partial charge in [0.1, 0.15) is 11.6 Å². The van der Waals surface area contributed by atoms with Gasteiger partial charge in [0.2, 0.25) is 0 Å². The SMILES string of the molecule is CN(C[C@]1(O)CCCN(c2ccc(F)cn2)C1)C(=O)c1ccc2c(c1)ncn2C. The molecule has 1 atom stereocenters. The lowest BCUT2D eigenvalue weighted by Gasteiger charge is -2.41. The number of anilines is 1. The van der Waals surface area contributed by atoms with Crippen molar-refractivity contribution in [2.24, 2.45) is 7.05 Å². The molecule has 8 heteroatoms. The number of piperidine rings is 1. The van der Waals surface area contributed by atoms with E-state index in [1.165, 1.54) is 12.3 Å². The Kier molecular flexibility index (Phi) is 4.96. The molecule has 1 N–H and O–H groups in total. The first kappa shape index (κ1) is 19.3. The van der Waals surface area contributed by atoms with Gasteiger partial charge in [0.15, 0.2) is 0 Å². The minimum atomic E-state index is -1.06. The Balaban J connectivity index is 1.47. The molecule has 3 aromatic rings. The maximum absolute atomic E-state index is 13.1. The van der Waals surface area contributed by atoms with Crippen LogP contribution in [0, 0.1) is 5.82 Å². The van der Waals surface area contributed by atoms with Crippen LogP contribution in [-0.2, 0) is 7.05 Å².